The highest BCUT2D eigenvalue weighted by molar-refractivity contribution is 9.10. The van der Waals surface area contributed by atoms with E-state index in [4.69, 9.17) is 0 Å². The Morgan fingerprint density at radius 2 is 1.86 bits per heavy atom. The van der Waals surface area contributed by atoms with E-state index >= 15 is 0 Å². The summed E-state index contributed by atoms with van der Waals surface area (Å²) in [6.45, 7) is 2.24. The van der Waals surface area contributed by atoms with Crippen molar-refractivity contribution in [3.8, 4) is 0 Å². The second-order valence-electron chi connectivity index (χ2n) is 5.96. The van der Waals surface area contributed by atoms with Crippen molar-refractivity contribution in [1.29, 1.82) is 0 Å². The summed E-state index contributed by atoms with van der Waals surface area (Å²) in [7, 11) is 0. The minimum absolute atomic E-state index is 0.0959. The molecule has 22 heavy (non-hydrogen) atoms. The van der Waals surface area contributed by atoms with Crippen molar-refractivity contribution < 1.29 is 4.79 Å². The van der Waals surface area contributed by atoms with E-state index in [9.17, 15) is 4.79 Å². The number of allylic oxidation sites excluding steroid dienone is 1. The van der Waals surface area contributed by atoms with Crippen molar-refractivity contribution in [2.45, 2.75) is 25.3 Å². The van der Waals surface area contributed by atoms with E-state index in [1.165, 1.54) is 22.4 Å². The average Bonchev–Trinajstić information content (AvgIpc) is 2.63. The number of halogens is 1. The van der Waals surface area contributed by atoms with Crippen molar-refractivity contribution >= 4 is 27.4 Å². The Hall–Kier alpha value is -1.87. The molecule has 2 aromatic carbocycles. The van der Waals surface area contributed by atoms with E-state index < -0.39 is 0 Å². The number of anilines is 1. The zero-order valence-corrected chi connectivity index (χ0v) is 13.9. The Balaban J connectivity index is 2.02. The average molecular weight is 354 g/mol. The number of fused-ring (bicyclic) bond motifs is 5. The van der Waals surface area contributed by atoms with E-state index in [0.29, 0.717) is 12.3 Å². The van der Waals surface area contributed by atoms with Crippen LogP contribution in [-0.2, 0) is 4.79 Å². The molecule has 0 N–H and O–H groups in total. The molecule has 4 rings (SSSR count). The van der Waals surface area contributed by atoms with Crippen LogP contribution in [0.5, 0.6) is 0 Å². The van der Waals surface area contributed by atoms with Gasteiger partial charge in [-0.05, 0) is 41.0 Å². The third kappa shape index (κ3) is 2.03. The summed E-state index contributed by atoms with van der Waals surface area (Å²) in [4.78, 5) is 14.2. The number of carbonyl (C=O) groups is 1. The Bertz CT molecular complexity index is 796. The first-order chi connectivity index (χ1) is 10.6. The van der Waals surface area contributed by atoms with Gasteiger partial charge in [0.05, 0.1) is 6.04 Å². The van der Waals surface area contributed by atoms with Crippen LogP contribution in [0, 0.1) is 0 Å². The Morgan fingerprint density at radius 3 is 2.68 bits per heavy atom. The summed E-state index contributed by atoms with van der Waals surface area (Å²) in [5, 5.41) is 0. The standard InChI is InChI=1S/C19H16BrNO/c1-12-15-4-2-3-5-16(15)19-11-14(22)8-9-21(19)18-7-6-13(20)10-17(12)18/h2-10,12,19H,11H2,1H3/t12-,19-/m0/s1. The van der Waals surface area contributed by atoms with E-state index in [1.54, 1.807) is 6.08 Å². The maximum atomic E-state index is 12.0. The SMILES string of the molecule is C[C@H]1c2ccccc2[C@@H]2CC(=O)C=CN2c2ccc(Br)cc21. The lowest BCUT2D eigenvalue weighted by Crippen LogP contribution is -2.28. The van der Waals surface area contributed by atoms with Crippen molar-refractivity contribution in [1.82, 2.24) is 0 Å². The fraction of sp³-hybridized carbons (Fsp3) is 0.211. The molecule has 0 saturated heterocycles. The van der Waals surface area contributed by atoms with Crippen LogP contribution in [0.15, 0.2) is 59.2 Å². The Morgan fingerprint density at radius 1 is 1.09 bits per heavy atom. The van der Waals surface area contributed by atoms with Crippen molar-refractivity contribution in [3.63, 3.8) is 0 Å². The molecule has 0 radical (unpaired) electrons. The minimum atomic E-state index is 0.0959. The maximum absolute atomic E-state index is 12.0. The minimum Gasteiger partial charge on any atom is -0.340 e. The number of nitrogens with zero attached hydrogens (tertiary/aromatic N) is 1. The molecule has 110 valence electrons. The fourth-order valence-electron chi connectivity index (χ4n) is 3.62. The third-order valence-corrected chi connectivity index (χ3v) is 5.20. The molecule has 3 heteroatoms. The molecule has 0 spiro atoms. The lowest BCUT2D eigenvalue weighted by atomic mass is 9.87. The molecule has 0 unspecified atom stereocenters. The van der Waals surface area contributed by atoms with E-state index in [0.717, 1.165) is 4.47 Å². The second-order valence-corrected chi connectivity index (χ2v) is 6.88. The van der Waals surface area contributed by atoms with Crippen LogP contribution in [0.3, 0.4) is 0 Å². The molecule has 0 fully saturated rings. The first-order valence-corrected chi connectivity index (χ1v) is 8.32. The summed E-state index contributed by atoms with van der Waals surface area (Å²) in [6.07, 6.45) is 4.18. The highest BCUT2D eigenvalue weighted by atomic mass is 79.9. The molecular formula is C19H16BrNO. The number of hydrogen-bond acceptors (Lipinski definition) is 2. The summed E-state index contributed by atoms with van der Waals surface area (Å²) in [5.41, 5.74) is 5.07. The van der Waals surface area contributed by atoms with Gasteiger partial charge in [0.1, 0.15) is 0 Å². The fourth-order valence-corrected chi connectivity index (χ4v) is 3.99. The van der Waals surface area contributed by atoms with E-state index in [-0.39, 0.29) is 11.8 Å². The Kier molecular flexibility index (Phi) is 3.19. The van der Waals surface area contributed by atoms with E-state index in [1.807, 2.05) is 6.20 Å². The molecule has 2 nitrogen and oxygen atoms in total. The number of ketones is 1. The lowest BCUT2D eigenvalue weighted by molar-refractivity contribution is -0.115. The highest BCUT2D eigenvalue weighted by Crippen LogP contribution is 2.46. The van der Waals surface area contributed by atoms with Crippen LogP contribution in [0.1, 0.15) is 42.0 Å². The van der Waals surface area contributed by atoms with Crippen LogP contribution in [-0.4, -0.2) is 5.78 Å². The largest absolute Gasteiger partial charge is 0.340 e. The van der Waals surface area contributed by atoms with Crippen LogP contribution in [0.25, 0.3) is 0 Å². The molecule has 2 aliphatic rings. The van der Waals surface area contributed by atoms with Gasteiger partial charge in [0, 0.05) is 28.7 Å². The molecule has 0 aromatic heterocycles. The lowest BCUT2D eigenvalue weighted by Gasteiger charge is -2.33. The van der Waals surface area contributed by atoms with Crippen LogP contribution >= 0.6 is 15.9 Å². The molecular weight excluding hydrogens is 338 g/mol. The van der Waals surface area contributed by atoms with Crippen LogP contribution in [0.4, 0.5) is 5.69 Å². The molecule has 0 amide bonds. The molecule has 2 atom stereocenters. The van der Waals surface area contributed by atoms with Crippen molar-refractivity contribution in [2.24, 2.45) is 0 Å². The van der Waals surface area contributed by atoms with Crippen LogP contribution in [0.2, 0.25) is 0 Å². The first-order valence-electron chi connectivity index (χ1n) is 7.53. The van der Waals surface area contributed by atoms with Gasteiger partial charge in [0.2, 0.25) is 0 Å². The van der Waals surface area contributed by atoms with Gasteiger partial charge in [-0.25, -0.2) is 0 Å². The second kappa shape index (κ2) is 5.10. The quantitative estimate of drug-likeness (QED) is 0.667. The number of hydrogen-bond donors (Lipinski definition) is 0. The first kappa shape index (κ1) is 13.8. The molecule has 0 aliphatic carbocycles. The summed E-state index contributed by atoms with van der Waals surface area (Å²) in [6, 6.07) is 15.0. The Labute approximate surface area is 138 Å². The number of carbonyl (C=O) groups excluding carboxylic acids is 1. The molecule has 0 saturated carbocycles. The van der Waals surface area contributed by atoms with Crippen molar-refractivity contribution in [2.75, 3.05) is 4.90 Å². The van der Waals surface area contributed by atoms with Gasteiger partial charge >= 0.3 is 0 Å². The third-order valence-electron chi connectivity index (χ3n) is 4.71. The van der Waals surface area contributed by atoms with Gasteiger partial charge in [0.15, 0.2) is 5.78 Å². The summed E-state index contributed by atoms with van der Waals surface area (Å²) < 4.78 is 1.09. The molecule has 2 aliphatic heterocycles. The smallest absolute Gasteiger partial charge is 0.159 e. The predicted octanol–water partition coefficient (Wildman–Crippen LogP) is 4.95. The van der Waals surface area contributed by atoms with Crippen molar-refractivity contribution in [3.05, 3.63) is 75.9 Å². The summed E-state index contributed by atoms with van der Waals surface area (Å²) >= 11 is 3.59. The topological polar surface area (TPSA) is 20.3 Å². The van der Waals surface area contributed by atoms with Gasteiger partial charge in [-0.3, -0.25) is 4.79 Å². The maximum Gasteiger partial charge on any atom is 0.159 e. The summed E-state index contributed by atoms with van der Waals surface area (Å²) in [5.74, 6) is 0.502. The van der Waals surface area contributed by atoms with Gasteiger partial charge < -0.3 is 4.90 Å². The molecule has 0 bridgehead atoms. The molecule has 2 aromatic rings. The van der Waals surface area contributed by atoms with Gasteiger partial charge in [-0.1, -0.05) is 47.1 Å². The molecule has 2 heterocycles. The highest BCUT2D eigenvalue weighted by Gasteiger charge is 2.33. The van der Waals surface area contributed by atoms with Gasteiger partial charge in [-0.15, -0.1) is 0 Å². The monoisotopic (exact) mass is 353 g/mol. The zero-order chi connectivity index (χ0) is 15.3. The van der Waals surface area contributed by atoms with Gasteiger partial charge in [-0.2, -0.15) is 0 Å². The van der Waals surface area contributed by atoms with Gasteiger partial charge in [0.25, 0.3) is 0 Å². The normalized spacial score (nSPS) is 22.6. The van der Waals surface area contributed by atoms with Crippen LogP contribution < -0.4 is 4.90 Å². The predicted molar refractivity (Wildman–Crippen MR) is 92.1 cm³/mol. The zero-order valence-electron chi connectivity index (χ0n) is 12.3. The number of benzene rings is 2. The number of rotatable bonds is 0. The van der Waals surface area contributed by atoms with E-state index in [2.05, 4.69) is 70.2 Å².